The van der Waals surface area contributed by atoms with Gasteiger partial charge in [-0.2, -0.15) is 0 Å². The highest BCUT2D eigenvalue weighted by atomic mass is 35.5. The zero-order valence-corrected chi connectivity index (χ0v) is 21.1. The van der Waals surface area contributed by atoms with E-state index in [1.807, 2.05) is 42.5 Å². The Morgan fingerprint density at radius 2 is 1.75 bits per heavy atom. The van der Waals surface area contributed by atoms with E-state index in [-0.39, 0.29) is 30.4 Å². The molecule has 2 heterocycles. The summed E-state index contributed by atoms with van der Waals surface area (Å²) in [7, 11) is 1.66. The van der Waals surface area contributed by atoms with Gasteiger partial charge in [-0.25, -0.2) is 4.79 Å². The maximum absolute atomic E-state index is 14.0. The molecule has 5 rings (SSSR count). The van der Waals surface area contributed by atoms with E-state index in [9.17, 15) is 14.4 Å². The molecule has 2 aromatic carbocycles. The number of carbonyl (C=O) groups excluding carboxylic acids is 3. The summed E-state index contributed by atoms with van der Waals surface area (Å²) >= 11 is 6.07. The number of carbonyl (C=O) groups is 3. The molecule has 36 heavy (non-hydrogen) atoms. The van der Waals surface area contributed by atoms with E-state index >= 15 is 0 Å². The van der Waals surface area contributed by atoms with Crippen molar-refractivity contribution in [1.29, 1.82) is 0 Å². The molecule has 4 amide bonds. The zero-order chi connectivity index (χ0) is 25.2. The third kappa shape index (κ3) is 4.85. The van der Waals surface area contributed by atoms with Crippen LogP contribution in [0.3, 0.4) is 0 Å². The lowest BCUT2D eigenvalue weighted by atomic mass is 9.94. The van der Waals surface area contributed by atoms with Gasteiger partial charge in [-0.15, -0.1) is 0 Å². The number of hydrogen-bond donors (Lipinski definition) is 2. The standard InChI is InChI=1S/C28H31ClN4O3/c1-32-23-17-33(27(35)24(23)25(31-28(32)36)19-12-14-20(29)15-13-19)22(16-18-8-4-2-5-9-18)26(34)30-21-10-6-3-7-11-21/h2,4-5,8-9,12-15,21-22,25H,3,6-7,10-11,16-17H2,1H3,(H,30,34)(H,31,36)/t22-,25-/m0/s1. The Kier molecular flexibility index (Phi) is 7.01. The van der Waals surface area contributed by atoms with Crippen LogP contribution < -0.4 is 10.6 Å². The predicted molar refractivity (Wildman–Crippen MR) is 138 cm³/mol. The second kappa shape index (κ2) is 10.3. The number of nitrogens with one attached hydrogen (secondary N) is 2. The lowest BCUT2D eigenvalue weighted by Gasteiger charge is -2.31. The lowest BCUT2D eigenvalue weighted by molar-refractivity contribution is -0.137. The molecule has 1 aliphatic carbocycles. The summed E-state index contributed by atoms with van der Waals surface area (Å²) in [6.45, 7) is 0.206. The van der Waals surface area contributed by atoms with E-state index in [0.29, 0.717) is 22.7 Å². The third-order valence-corrected chi connectivity index (χ3v) is 7.75. The van der Waals surface area contributed by atoms with E-state index in [1.54, 1.807) is 24.1 Å². The largest absolute Gasteiger partial charge is 0.352 e. The maximum Gasteiger partial charge on any atom is 0.322 e. The molecule has 1 saturated carbocycles. The van der Waals surface area contributed by atoms with Crippen molar-refractivity contribution >= 4 is 29.4 Å². The number of urea groups is 1. The van der Waals surface area contributed by atoms with Crippen LogP contribution in [-0.4, -0.2) is 53.3 Å². The summed E-state index contributed by atoms with van der Waals surface area (Å²) in [5.41, 5.74) is 2.89. The number of nitrogens with zero attached hydrogens (tertiary/aromatic N) is 2. The Bertz CT molecular complexity index is 1180. The summed E-state index contributed by atoms with van der Waals surface area (Å²) in [4.78, 5) is 43.5. The molecule has 1 fully saturated rings. The smallest absolute Gasteiger partial charge is 0.322 e. The molecule has 8 heteroatoms. The number of benzene rings is 2. The summed E-state index contributed by atoms with van der Waals surface area (Å²) in [5.74, 6) is -0.361. The van der Waals surface area contributed by atoms with Gasteiger partial charge in [0.15, 0.2) is 0 Å². The molecular formula is C28H31ClN4O3. The van der Waals surface area contributed by atoms with Gasteiger partial charge in [0, 0.05) is 24.5 Å². The minimum atomic E-state index is -0.679. The minimum absolute atomic E-state index is 0.135. The van der Waals surface area contributed by atoms with Crippen molar-refractivity contribution in [3.05, 3.63) is 82.0 Å². The highest BCUT2D eigenvalue weighted by Crippen LogP contribution is 2.37. The van der Waals surface area contributed by atoms with Crippen LogP contribution in [0.1, 0.15) is 49.3 Å². The number of likely N-dealkylation sites (N-methyl/N-ethyl adjacent to an activating group) is 1. The zero-order valence-electron chi connectivity index (χ0n) is 20.4. The molecule has 0 radical (unpaired) electrons. The van der Waals surface area contributed by atoms with Gasteiger partial charge in [0.05, 0.1) is 23.9 Å². The first-order valence-corrected chi connectivity index (χ1v) is 13.0. The molecule has 188 valence electrons. The van der Waals surface area contributed by atoms with Crippen LogP contribution in [-0.2, 0) is 16.0 Å². The van der Waals surface area contributed by atoms with Crippen LogP contribution in [0.5, 0.6) is 0 Å². The van der Waals surface area contributed by atoms with Crippen molar-refractivity contribution in [3.63, 3.8) is 0 Å². The van der Waals surface area contributed by atoms with Gasteiger partial charge < -0.3 is 15.5 Å². The molecule has 0 spiro atoms. The van der Waals surface area contributed by atoms with Crippen LogP contribution in [0.4, 0.5) is 4.79 Å². The van der Waals surface area contributed by atoms with E-state index in [1.165, 1.54) is 11.3 Å². The van der Waals surface area contributed by atoms with Gasteiger partial charge in [-0.05, 0) is 36.1 Å². The van der Waals surface area contributed by atoms with Gasteiger partial charge in [0.2, 0.25) is 5.91 Å². The monoisotopic (exact) mass is 506 g/mol. The molecule has 2 aromatic rings. The van der Waals surface area contributed by atoms with Crippen molar-refractivity contribution in [2.75, 3.05) is 13.6 Å². The molecule has 0 bridgehead atoms. The quantitative estimate of drug-likeness (QED) is 0.616. The first-order chi connectivity index (χ1) is 17.4. The molecule has 3 aliphatic rings. The number of halogens is 1. The van der Waals surface area contributed by atoms with Crippen LogP contribution >= 0.6 is 11.6 Å². The second-order valence-corrected chi connectivity index (χ2v) is 10.3. The summed E-state index contributed by atoms with van der Waals surface area (Å²) in [5, 5.41) is 6.75. The van der Waals surface area contributed by atoms with Crippen LogP contribution in [0.2, 0.25) is 5.02 Å². The van der Waals surface area contributed by atoms with Crippen LogP contribution in [0, 0.1) is 0 Å². The van der Waals surface area contributed by atoms with Gasteiger partial charge in [-0.1, -0.05) is 73.3 Å². The van der Waals surface area contributed by atoms with Crippen molar-refractivity contribution in [3.8, 4) is 0 Å². The molecular weight excluding hydrogens is 476 g/mol. The molecule has 0 unspecified atom stereocenters. The van der Waals surface area contributed by atoms with Crippen LogP contribution in [0.15, 0.2) is 65.9 Å². The Balaban J connectivity index is 1.46. The van der Waals surface area contributed by atoms with Crippen molar-refractivity contribution in [2.24, 2.45) is 0 Å². The SMILES string of the molecule is CN1C(=O)N[C@@H](c2ccc(Cl)cc2)C2=C1CN([C@@H](Cc1ccccc1)C(=O)NC1CCCCC1)C2=O. The topological polar surface area (TPSA) is 81.8 Å². The minimum Gasteiger partial charge on any atom is -0.352 e. The Morgan fingerprint density at radius 1 is 1.06 bits per heavy atom. The average molecular weight is 507 g/mol. The van der Waals surface area contributed by atoms with Crippen molar-refractivity contribution in [1.82, 2.24) is 20.4 Å². The molecule has 2 aliphatic heterocycles. The fourth-order valence-electron chi connectivity index (χ4n) is 5.47. The highest BCUT2D eigenvalue weighted by molar-refractivity contribution is 6.30. The summed E-state index contributed by atoms with van der Waals surface area (Å²) in [6, 6.07) is 15.5. The van der Waals surface area contributed by atoms with Gasteiger partial charge in [0.25, 0.3) is 5.91 Å². The number of amides is 4. The first-order valence-electron chi connectivity index (χ1n) is 12.6. The van der Waals surface area contributed by atoms with E-state index in [4.69, 9.17) is 11.6 Å². The lowest BCUT2D eigenvalue weighted by Crippen LogP contribution is -2.52. The third-order valence-electron chi connectivity index (χ3n) is 7.49. The molecule has 0 aromatic heterocycles. The highest BCUT2D eigenvalue weighted by Gasteiger charge is 2.46. The van der Waals surface area contributed by atoms with Gasteiger partial charge >= 0.3 is 6.03 Å². The second-order valence-electron chi connectivity index (χ2n) is 9.84. The van der Waals surface area contributed by atoms with Crippen molar-refractivity contribution < 1.29 is 14.4 Å². The number of hydrogen-bond acceptors (Lipinski definition) is 3. The van der Waals surface area contributed by atoms with E-state index < -0.39 is 12.1 Å². The fourth-order valence-corrected chi connectivity index (χ4v) is 5.60. The fraction of sp³-hybridized carbons (Fsp3) is 0.393. The van der Waals surface area contributed by atoms with E-state index in [0.717, 1.165) is 36.8 Å². The Morgan fingerprint density at radius 3 is 2.44 bits per heavy atom. The first kappa shape index (κ1) is 24.4. The summed E-state index contributed by atoms with van der Waals surface area (Å²) < 4.78 is 0. The Hall–Kier alpha value is -3.32. The average Bonchev–Trinajstić information content (AvgIpc) is 3.23. The van der Waals surface area contributed by atoms with E-state index in [2.05, 4.69) is 10.6 Å². The molecule has 0 saturated heterocycles. The van der Waals surface area contributed by atoms with Gasteiger partial charge in [-0.3, -0.25) is 14.5 Å². The Labute approximate surface area is 216 Å². The summed E-state index contributed by atoms with van der Waals surface area (Å²) in [6.07, 6.45) is 5.74. The molecule has 2 atom stereocenters. The van der Waals surface area contributed by atoms with Crippen LogP contribution in [0.25, 0.3) is 0 Å². The normalized spacial score (nSPS) is 21.3. The molecule has 2 N–H and O–H groups in total. The maximum atomic E-state index is 14.0. The number of rotatable bonds is 6. The predicted octanol–water partition coefficient (Wildman–Crippen LogP) is 4.19. The molecule has 7 nitrogen and oxygen atoms in total. The van der Waals surface area contributed by atoms with Crippen molar-refractivity contribution in [2.45, 2.75) is 56.7 Å². The van der Waals surface area contributed by atoms with Gasteiger partial charge in [0.1, 0.15) is 6.04 Å².